The predicted molar refractivity (Wildman–Crippen MR) is 116 cm³/mol. The number of carbonyl (C=O) groups excluding carboxylic acids is 1. The second-order valence-corrected chi connectivity index (χ2v) is 7.05. The summed E-state index contributed by atoms with van der Waals surface area (Å²) in [5.74, 6) is 0.641. The Labute approximate surface area is 167 Å². The van der Waals surface area contributed by atoms with Gasteiger partial charge in [-0.1, -0.05) is 25.1 Å². The Kier molecular flexibility index (Phi) is 7.09. The topological polar surface area (TPSA) is 44.8 Å². The van der Waals surface area contributed by atoms with E-state index in [9.17, 15) is 4.79 Å². The number of nitrogens with one attached hydrogen (secondary N) is 1. The molecule has 0 aromatic heterocycles. The molecule has 0 aliphatic carbocycles. The Balaban J connectivity index is 1.57. The highest BCUT2D eigenvalue weighted by Gasteiger charge is 2.14. The summed E-state index contributed by atoms with van der Waals surface area (Å²) in [4.78, 5) is 17.0. The van der Waals surface area contributed by atoms with Gasteiger partial charge in [0.2, 0.25) is 5.91 Å². The molecule has 2 aromatic rings. The fourth-order valence-electron chi connectivity index (χ4n) is 3.13. The van der Waals surface area contributed by atoms with Crippen molar-refractivity contribution in [2.24, 2.45) is 0 Å². The summed E-state index contributed by atoms with van der Waals surface area (Å²) in [6, 6.07) is 15.8. The lowest BCUT2D eigenvalue weighted by atomic mass is 10.2. The monoisotopic (exact) mass is 379 g/mol. The average molecular weight is 380 g/mol. The van der Waals surface area contributed by atoms with Crippen molar-refractivity contribution in [3.63, 3.8) is 0 Å². The lowest BCUT2D eigenvalue weighted by Crippen LogP contribution is -2.44. The number of likely N-dealkylation sites (N-methyl/N-ethyl adjacent to an activating group) is 1. The van der Waals surface area contributed by atoms with Crippen LogP contribution in [0.3, 0.4) is 0 Å². The first-order valence-corrected chi connectivity index (χ1v) is 9.90. The maximum Gasteiger partial charge on any atom is 0.248 e. The Morgan fingerprint density at radius 3 is 2.50 bits per heavy atom. The van der Waals surface area contributed by atoms with E-state index in [1.165, 1.54) is 5.69 Å². The number of ether oxygens (including phenoxy) is 1. The molecule has 1 aliphatic heterocycles. The van der Waals surface area contributed by atoms with Gasteiger partial charge in [-0.3, -0.25) is 4.79 Å². The van der Waals surface area contributed by atoms with Gasteiger partial charge >= 0.3 is 0 Å². The van der Waals surface area contributed by atoms with Gasteiger partial charge in [-0.25, -0.2) is 0 Å². The molecule has 1 fully saturated rings. The van der Waals surface area contributed by atoms with E-state index in [4.69, 9.17) is 4.74 Å². The minimum absolute atomic E-state index is 0.155. The molecule has 28 heavy (non-hydrogen) atoms. The molecule has 1 heterocycles. The molecule has 148 valence electrons. The van der Waals surface area contributed by atoms with Crippen molar-refractivity contribution >= 4 is 23.4 Å². The number of nitrogens with zero attached hydrogens (tertiary/aromatic N) is 2. The fraction of sp³-hybridized carbons (Fsp3) is 0.348. The Hall–Kier alpha value is -2.79. The van der Waals surface area contributed by atoms with Crippen LogP contribution in [-0.4, -0.2) is 50.6 Å². The third-order valence-electron chi connectivity index (χ3n) is 4.80. The highest BCUT2D eigenvalue weighted by atomic mass is 16.5. The number of carbonyl (C=O) groups is 1. The lowest BCUT2D eigenvalue weighted by Gasteiger charge is -2.34. The molecule has 2 aromatic carbocycles. The Morgan fingerprint density at radius 1 is 1.07 bits per heavy atom. The summed E-state index contributed by atoms with van der Waals surface area (Å²) in [5.41, 5.74) is 2.89. The number of hydrogen-bond acceptors (Lipinski definition) is 4. The van der Waals surface area contributed by atoms with Crippen molar-refractivity contribution in [3.05, 3.63) is 60.2 Å². The van der Waals surface area contributed by atoms with E-state index >= 15 is 0 Å². The summed E-state index contributed by atoms with van der Waals surface area (Å²) in [6.07, 6.45) is 4.28. The molecule has 0 saturated carbocycles. The minimum atomic E-state index is -0.155. The quantitative estimate of drug-likeness (QED) is 0.742. The standard InChI is InChI=1S/C23H29N3O2/c1-3-18-28-22-7-5-4-6-19(22)8-13-23(27)24-20-9-11-21(12-10-20)26-16-14-25(2)15-17-26/h4-13H,3,14-18H2,1-2H3,(H,24,27)/b13-8+. The molecule has 3 rings (SSSR count). The normalized spacial score (nSPS) is 15.0. The van der Waals surface area contributed by atoms with Crippen LogP contribution in [0.15, 0.2) is 54.6 Å². The van der Waals surface area contributed by atoms with Crippen LogP contribution in [0.1, 0.15) is 18.9 Å². The van der Waals surface area contributed by atoms with Crippen LogP contribution < -0.4 is 15.0 Å². The number of hydrogen-bond donors (Lipinski definition) is 1. The Morgan fingerprint density at radius 2 is 1.79 bits per heavy atom. The molecular weight excluding hydrogens is 350 g/mol. The molecular formula is C23H29N3O2. The summed E-state index contributed by atoms with van der Waals surface area (Å²) in [5, 5.41) is 2.92. The van der Waals surface area contributed by atoms with E-state index in [1.807, 2.05) is 36.4 Å². The van der Waals surface area contributed by atoms with Gasteiger partial charge in [-0.2, -0.15) is 0 Å². The summed E-state index contributed by atoms with van der Waals surface area (Å²) in [6.45, 7) is 6.95. The number of piperazine rings is 1. The summed E-state index contributed by atoms with van der Waals surface area (Å²) >= 11 is 0. The number of anilines is 2. The molecule has 0 unspecified atom stereocenters. The zero-order valence-electron chi connectivity index (χ0n) is 16.7. The lowest BCUT2D eigenvalue weighted by molar-refractivity contribution is -0.111. The number of para-hydroxylation sites is 1. The van der Waals surface area contributed by atoms with Gasteiger partial charge in [-0.05, 0) is 49.9 Å². The smallest absolute Gasteiger partial charge is 0.248 e. The molecule has 1 aliphatic rings. The van der Waals surface area contributed by atoms with Crippen LogP contribution in [0, 0.1) is 0 Å². The predicted octanol–water partition coefficient (Wildman–Crippen LogP) is 3.88. The van der Waals surface area contributed by atoms with E-state index in [-0.39, 0.29) is 5.91 Å². The van der Waals surface area contributed by atoms with E-state index in [0.717, 1.165) is 49.6 Å². The maximum atomic E-state index is 12.3. The number of rotatable bonds is 7. The first-order chi connectivity index (χ1) is 13.7. The van der Waals surface area contributed by atoms with Gasteiger partial charge in [0.05, 0.1) is 6.61 Å². The number of amides is 1. The number of benzene rings is 2. The molecule has 0 atom stereocenters. The van der Waals surface area contributed by atoms with Crippen LogP contribution in [0.25, 0.3) is 6.08 Å². The second-order valence-electron chi connectivity index (χ2n) is 7.05. The van der Waals surface area contributed by atoms with Gasteiger partial charge in [0.25, 0.3) is 0 Å². The summed E-state index contributed by atoms with van der Waals surface area (Å²) < 4.78 is 5.72. The van der Waals surface area contributed by atoms with E-state index in [2.05, 4.69) is 41.2 Å². The van der Waals surface area contributed by atoms with Crippen molar-refractivity contribution in [3.8, 4) is 5.75 Å². The van der Waals surface area contributed by atoms with E-state index in [1.54, 1.807) is 12.2 Å². The first-order valence-electron chi connectivity index (χ1n) is 9.90. The van der Waals surface area contributed by atoms with Crippen LogP contribution >= 0.6 is 0 Å². The highest BCUT2D eigenvalue weighted by Crippen LogP contribution is 2.21. The SMILES string of the molecule is CCCOc1ccccc1/C=C/C(=O)Nc1ccc(N2CCN(C)CC2)cc1. The third kappa shape index (κ3) is 5.60. The van der Waals surface area contributed by atoms with E-state index in [0.29, 0.717) is 6.61 Å². The van der Waals surface area contributed by atoms with Crippen molar-refractivity contribution < 1.29 is 9.53 Å². The van der Waals surface area contributed by atoms with Crippen LogP contribution in [-0.2, 0) is 4.79 Å². The zero-order chi connectivity index (χ0) is 19.8. The maximum absolute atomic E-state index is 12.3. The second kappa shape index (κ2) is 9.95. The van der Waals surface area contributed by atoms with Gasteiger partial charge in [-0.15, -0.1) is 0 Å². The first kappa shape index (κ1) is 20.0. The molecule has 1 amide bonds. The van der Waals surface area contributed by atoms with Gasteiger partial charge < -0.3 is 19.9 Å². The third-order valence-corrected chi connectivity index (χ3v) is 4.80. The van der Waals surface area contributed by atoms with Gasteiger partial charge in [0, 0.05) is 49.2 Å². The summed E-state index contributed by atoms with van der Waals surface area (Å²) in [7, 11) is 2.15. The largest absolute Gasteiger partial charge is 0.493 e. The van der Waals surface area contributed by atoms with Crippen LogP contribution in [0.2, 0.25) is 0 Å². The Bertz CT molecular complexity index is 794. The average Bonchev–Trinajstić information content (AvgIpc) is 2.72. The zero-order valence-corrected chi connectivity index (χ0v) is 16.7. The molecule has 5 nitrogen and oxygen atoms in total. The van der Waals surface area contributed by atoms with Crippen LogP contribution in [0.4, 0.5) is 11.4 Å². The molecule has 0 radical (unpaired) electrons. The van der Waals surface area contributed by atoms with Crippen molar-refractivity contribution in [1.29, 1.82) is 0 Å². The van der Waals surface area contributed by atoms with Crippen molar-refractivity contribution in [1.82, 2.24) is 4.90 Å². The minimum Gasteiger partial charge on any atom is -0.493 e. The molecule has 0 spiro atoms. The fourth-order valence-corrected chi connectivity index (χ4v) is 3.13. The van der Waals surface area contributed by atoms with Gasteiger partial charge in [0.15, 0.2) is 0 Å². The van der Waals surface area contributed by atoms with Crippen molar-refractivity contribution in [2.75, 3.05) is 50.1 Å². The van der Waals surface area contributed by atoms with Crippen LogP contribution in [0.5, 0.6) is 5.75 Å². The molecule has 1 N–H and O–H groups in total. The molecule has 1 saturated heterocycles. The van der Waals surface area contributed by atoms with Crippen molar-refractivity contribution in [2.45, 2.75) is 13.3 Å². The van der Waals surface area contributed by atoms with Gasteiger partial charge in [0.1, 0.15) is 5.75 Å². The molecule has 0 bridgehead atoms. The molecule has 5 heteroatoms. The highest BCUT2D eigenvalue weighted by molar-refractivity contribution is 6.02. The van der Waals surface area contributed by atoms with E-state index < -0.39 is 0 Å².